The summed E-state index contributed by atoms with van der Waals surface area (Å²) in [5.74, 6) is -0.0921. The van der Waals surface area contributed by atoms with Crippen LogP contribution in [0.1, 0.15) is 12.8 Å². The van der Waals surface area contributed by atoms with Crippen LogP contribution in [0.15, 0.2) is 0 Å². The highest BCUT2D eigenvalue weighted by atomic mass is 32.2. The first-order chi connectivity index (χ1) is 8.95. The SMILES string of the molecule is COC(=O)C[C@H](NC(=O)N(C)C1CCSC1)C(=O)O. The lowest BCUT2D eigenvalue weighted by Crippen LogP contribution is -2.50. The molecule has 0 bridgehead atoms. The Morgan fingerprint density at radius 3 is 2.68 bits per heavy atom. The standard InChI is InChI=1S/C11H18N2O5S/c1-13(7-3-4-19-6-7)11(17)12-8(10(15)16)5-9(14)18-2/h7-8H,3-6H2,1-2H3,(H,12,17)(H,15,16)/t7?,8-/m0/s1. The number of urea groups is 1. The number of carboxylic acids is 1. The molecule has 7 nitrogen and oxygen atoms in total. The Balaban J connectivity index is 2.55. The molecule has 108 valence electrons. The van der Waals surface area contributed by atoms with Gasteiger partial charge in [-0.3, -0.25) is 4.79 Å². The van der Waals surface area contributed by atoms with E-state index in [0.29, 0.717) is 0 Å². The second-order valence-electron chi connectivity index (χ2n) is 4.25. The number of nitrogens with one attached hydrogen (secondary N) is 1. The maximum atomic E-state index is 11.9. The molecule has 0 saturated carbocycles. The Kier molecular flexibility index (Phi) is 5.94. The molecule has 0 aromatic rings. The zero-order valence-corrected chi connectivity index (χ0v) is 11.7. The molecular formula is C11H18N2O5S. The third kappa shape index (κ3) is 4.62. The number of carbonyl (C=O) groups excluding carboxylic acids is 2. The van der Waals surface area contributed by atoms with Crippen LogP contribution in [-0.4, -0.2) is 65.7 Å². The van der Waals surface area contributed by atoms with Gasteiger partial charge in [0.25, 0.3) is 0 Å². The average Bonchev–Trinajstić information content (AvgIpc) is 2.90. The Morgan fingerprint density at radius 1 is 1.53 bits per heavy atom. The van der Waals surface area contributed by atoms with Gasteiger partial charge in [-0.25, -0.2) is 9.59 Å². The molecule has 2 atom stereocenters. The van der Waals surface area contributed by atoms with Gasteiger partial charge >= 0.3 is 18.0 Å². The molecule has 8 heteroatoms. The topological polar surface area (TPSA) is 95.9 Å². The number of methoxy groups -OCH3 is 1. The molecule has 1 heterocycles. The molecule has 0 aromatic carbocycles. The molecule has 0 spiro atoms. The quantitative estimate of drug-likeness (QED) is 0.700. The monoisotopic (exact) mass is 290 g/mol. The molecule has 19 heavy (non-hydrogen) atoms. The van der Waals surface area contributed by atoms with Crippen LogP contribution in [0, 0.1) is 0 Å². The Morgan fingerprint density at radius 2 is 2.21 bits per heavy atom. The first kappa shape index (κ1) is 15.6. The third-order valence-electron chi connectivity index (χ3n) is 2.97. The van der Waals surface area contributed by atoms with Crippen molar-refractivity contribution in [1.29, 1.82) is 0 Å². The van der Waals surface area contributed by atoms with Crippen molar-refractivity contribution in [3.63, 3.8) is 0 Å². The summed E-state index contributed by atoms with van der Waals surface area (Å²) in [6, 6.07) is -1.64. The maximum absolute atomic E-state index is 11.9. The van der Waals surface area contributed by atoms with Gasteiger partial charge in [0, 0.05) is 18.8 Å². The molecule has 0 aliphatic carbocycles. The highest BCUT2D eigenvalue weighted by Crippen LogP contribution is 2.21. The van der Waals surface area contributed by atoms with Gasteiger partial charge in [-0.2, -0.15) is 11.8 Å². The number of ether oxygens (including phenoxy) is 1. The van der Waals surface area contributed by atoms with Gasteiger partial charge in [0.1, 0.15) is 6.04 Å². The summed E-state index contributed by atoms with van der Waals surface area (Å²) < 4.78 is 4.40. The van der Waals surface area contributed by atoms with Crippen LogP contribution in [0.25, 0.3) is 0 Å². The summed E-state index contributed by atoms with van der Waals surface area (Å²) >= 11 is 1.76. The van der Waals surface area contributed by atoms with Crippen molar-refractivity contribution >= 4 is 29.7 Å². The van der Waals surface area contributed by atoms with Crippen molar-refractivity contribution in [3.8, 4) is 0 Å². The first-order valence-electron chi connectivity index (χ1n) is 5.86. The lowest BCUT2D eigenvalue weighted by atomic mass is 10.2. The summed E-state index contributed by atoms with van der Waals surface area (Å²) in [5, 5.41) is 11.3. The molecular weight excluding hydrogens is 272 g/mol. The number of aliphatic carboxylic acids is 1. The molecule has 1 rings (SSSR count). The highest BCUT2D eigenvalue weighted by Gasteiger charge is 2.28. The fraction of sp³-hybridized carbons (Fsp3) is 0.727. The molecule has 1 fully saturated rings. The van der Waals surface area contributed by atoms with Gasteiger partial charge in [0.2, 0.25) is 0 Å². The smallest absolute Gasteiger partial charge is 0.326 e. The zero-order chi connectivity index (χ0) is 14.4. The molecule has 2 amide bonds. The number of carbonyl (C=O) groups is 3. The van der Waals surface area contributed by atoms with Gasteiger partial charge in [0.05, 0.1) is 13.5 Å². The summed E-state index contributed by atoms with van der Waals surface area (Å²) in [4.78, 5) is 35.5. The number of hydrogen-bond donors (Lipinski definition) is 2. The molecule has 0 radical (unpaired) electrons. The number of thioether (sulfide) groups is 1. The van der Waals surface area contributed by atoms with E-state index in [1.54, 1.807) is 18.8 Å². The van der Waals surface area contributed by atoms with Crippen LogP contribution >= 0.6 is 11.8 Å². The van der Waals surface area contributed by atoms with Crippen LogP contribution < -0.4 is 5.32 Å². The van der Waals surface area contributed by atoms with Gasteiger partial charge < -0.3 is 20.1 Å². The number of amides is 2. The predicted molar refractivity (Wildman–Crippen MR) is 70.1 cm³/mol. The zero-order valence-electron chi connectivity index (χ0n) is 10.9. The second-order valence-corrected chi connectivity index (χ2v) is 5.40. The maximum Gasteiger partial charge on any atom is 0.326 e. The van der Waals surface area contributed by atoms with E-state index in [-0.39, 0.29) is 12.5 Å². The Labute approximate surface area is 115 Å². The normalized spacial score (nSPS) is 19.6. The van der Waals surface area contributed by atoms with E-state index in [2.05, 4.69) is 10.1 Å². The van der Waals surface area contributed by atoms with E-state index in [0.717, 1.165) is 17.9 Å². The van der Waals surface area contributed by atoms with Gasteiger partial charge in [0.15, 0.2) is 0 Å². The summed E-state index contributed by atoms with van der Waals surface area (Å²) in [5.41, 5.74) is 0. The summed E-state index contributed by atoms with van der Waals surface area (Å²) in [6.45, 7) is 0. The minimum atomic E-state index is -1.27. The van der Waals surface area contributed by atoms with Crippen molar-refractivity contribution in [2.24, 2.45) is 0 Å². The lowest BCUT2D eigenvalue weighted by molar-refractivity contribution is -0.147. The van der Waals surface area contributed by atoms with Gasteiger partial charge in [-0.15, -0.1) is 0 Å². The number of nitrogens with zero attached hydrogens (tertiary/aromatic N) is 1. The third-order valence-corrected chi connectivity index (χ3v) is 4.11. The van der Waals surface area contributed by atoms with E-state index in [4.69, 9.17) is 5.11 Å². The minimum absolute atomic E-state index is 0.109. The second kappa shape index (κ2) is 7.22. The molecule has 1 aliphatic heterocycles. The molecule has 0 aromatic heterocycles. The van der Waals surface area contributed by atoms with Crippen LogP contribution in [0.4, 0.5) is 4.79 Å². The van der Waals surface area contributed by atoms with Crippen molar-refractivity contribution in [1.82, 2.24) is 10.2 Å². The predicted octanol–water partition coefficient (Wildman–Crippen LogP) is 0.150. The highest BCUT2D eigenvalue weighted by molar-refractivity contribution is 7.99. The van der Waals surface area contributed by atoms with Crippen LogP contribution in [-0.2, 0) is 14.3 Å². The largest absolute Gasteiger partial charge is 0.480 e. The van der Waals surface area contributed by atoms with Crippen LogP contribution in [0.3, 0.4) is 0 Å². The molecule has 2 N–H and O–H groups in total. The van der Waals surface area contributed by atoms with E-state index >= 15 is 0 Å². The van der Waals surface area contributed by atoms with E-state index < -0.39 is 24.0 Å². The summed E-state index contributed by atoms with van der Waals surface area (Å²) in [6.07, 6.45) is 0.508. The lowest BCUT2D eigenvalue weighted by Gasteiger charge is -2.25. The number of carboxylic acid groups (broad SMARTS) is 1. The molecule has 1 aliphatic rings. The molecule has 1 unspecified atom stereocenters. The van der Waals surface area contributed by atoms with E-state index in [1.807, 2.05) is 0 Å². The Bertz CT molecular complexity index is 357. The number of rotatable bonds is 5. The number of esters is 1. The average molecular weight is 290 g/mol. The Hall–Kier alpha value is -1.44. The number of hydrogen-bond acceptors (Lipinski definition) is 5. The first-order valence-corrected chi connectivity index (χ1v) is 7.02. The summed E-state index contributed by atoms with van der Waals surface area (Å²) in [7, 11) is 2.80. The van der Waals surface area contributed by atoms with Crippen LogP contribution in [0.2, 0.25) is 0 Å². The van der Waals surface area contributed by atoms with E-state index in [1.165, 1.54) is 12.0 Å². The van der Waals surface area contributed by atoms with Crippen molar-refractivity contribution in [2.45, 2.75) is 24.9 Å². The van der Waals surface area contributed by atoms with E-state index in [9.17, 15) is 14.4 Å². The molecule has 1 saturated heterocycles. The fourth-order valence-electron chi connectivity index (χ4n) is 1.69. The minimum Gasteiger partial charge on any atom is -0.480 e. The fourth-order valence-corrected chi connectivity index (χ4v) is 2.96. The van der Waals surface area contributed by atoms with Gasteiger partial charge in [-0.1, -0.05) is 0 Å². The van der Waals surface area contributed by atoms with Crippen molar-refractivity contribution in [2.75, 3.05) is 25.7 Å². The van der Waals surface area contributed by atoms with Crippen molar-refractivity contribution in [3.05, 3.63) is 0 Å². The van der Waals surface area contributed by atoms with Crippen LogP contribution in [0.5, 0.6) is 0 Å². The van der Waals surface area contributed by atoms with Crippen molar-refractivity contribution < 1.29 is 24.2 Å². The van der Waals surface area contributed by atoms with Gasteiger partial charge in [-0.05, 0) is 12.2 Å².